The molecule has 2 nitrogen and oxygen atoms in total. The third kappa shape index (κ3) is 5.32. The van der Waals surface area contributed by atoms with Gasteiger partial charge >= 0.3 is 6.18 Å². The summed E-state index contributed by atoms with van der Waals surface area (Å²) in [5.41, 5.74) is -0.628. The molecular weight excluding hydrogens is 281 g/mol. The van der Waals surface area contributed by atoms with Gasteiger partial charge in [0.25, 0.3) is 6.43 Å². The van der Waals surface area contributed by atoms with Crippen molar-refractivity contribution in [3.8, 4) is 5.75 Å². The monoisotopic (exact) mass is 297 g/mol. The molecule has 0 unspecified atom stereocenters. The summed E-state index contributed by atoms with van der Waals surface area (Å²) in [6.07, 6.45) is -7.47. The molecule has 0 fully saturated rings. The molecule has 0 aliphatic heterocycles. The van der Waals surface area contributed by atoms with Crippen molar-refractivity contribution in [2.45, 2.75) is 39.0 Å². The van der Waals surface area contributed by atoms with Crippen molar-refractivity contribution in [3.63, 3.8) is 0 Å². The Bertz CT molecular complexity index is 431. The maximum absolute atomic E-state index is 12.9. The zero-order chi connectivity index (χ0) is 15.3. The lowest BCUT2D eigenvalue weighted by Crippen LogP contribution is -2.22. The molecule has 0 spiro atoms. The Balaban J connectivity index is 2.95. The Labute approximate surface area is 113 Å². The molecule has 114 valence electrons. The van der Waals surface area contributed by atoms with Gasteiger partial charge in [-0.3, -0.25) is 0 Å². The number of hydrogen-bond donors (Lipinski definition) is 1. The van der Waals surface area contributed by atoms with Gasteiger partial charge in [-0.05, 0) is 17.7 Å². The number of benzene rings is 1. The fourth-order valence-corrected chi connectivity index (χ4v) is 1.51. The SMILES string of the molecule is CC(C)NCc1ccc(OCC(F)F)c(C(F)(F)F)c1. The highest BCUT2D eigenvalue weighted by atomic mass is 19.4. The highest BCUT2D eigenvalue weighted by Gasteiger charge is 2.34. The molecule has 0 saturated heterocycles. The Morgan fingerprint density at radius 1 is 1.20 bits per heavy atom. The van der Waals surface area contributed by atoms with Gasteiger partial charge in [0.05, 0.1) is 5.56 Å². The van der Waals surface area contributed by atoms with E-state index in [2.05, 4.69) is 10.1 Å². The van der Waals surface area contributed by atoms with E-state index in [4.69, 9.17) is 0 Å². The largest absolute Gasteiger partial charge is 0.487 e. The van der Waals surface area contributed by atoms with Crippen molar-refractivity contribution >= 4 is 0 Å². The summed E-state index contributed by atoms with van der Waals surface area (Å²) < 4.78 is 67.1. The summed E-state index contributed by atoms with van der Waals surface area (Å²) >= 11 is 0. The summed E-state index contributed by atoms with van der Waals surface area (Å²) in [6.45, 7) is 2.93. The minimum absolute atomic E-state index is 0.124. The molecule has 1 aromatic carbocycles. The van der Waals surface area contributed by atoms with E-state index >= 15 is 0 Å². The molecule has 1 aromatic rings. The van der Waals surface area contributed by atoms with E-state index in [9.17, 15) is 22.0 Å². The fraction of sp³-hybridized carbons (Fsp3) is 0.538. The maximum atomic E-state index is 12.9. The summed E-state index contributed by atoms with van der Waals surface area (Å²) in [5.74, 6) is -0.578. The molecule has 0 heterocycles. The van der Waals surface area contributed by atoms with Crippen molar-refractivity contribution in [2.75, 3.05) is 6.61 Å². The Hall–Kier alpha value is -1.37. The van der Waals surface area contributed by atoms with E-state index in [1.807, 2.05) is 13.8 Å². The highest BCUT2D eigenvalue weighted by molar-refractivity contribution is 5.39. The van der Waals surface area contributed by atoms with Crippen molar-refractivity contribution in [3.05, 3.63) is 29.3 Å². The summed E-state index contributed by atoms with van der Waals surface area (Å²) in [4.78, 5) is 0. The Morgan fingerprint density at radius 2 is 1.85 bits per heavy atom. The average molecular weight is 297 g/mol. The fourth-order valence-electron chi connectivity index (χ4n) is 1.51. The second-order valence-corrected chi connectivity index (χ2v) is 4.57. The lowest BCUT2D eigenvalue weighted by Gasteiger charge is -2.16. The third-order valence-corrected chi connectivity index (χ3v) is 2.43. The normalized spacial score (nSPS) is 12.2. The van der Waals surface area contributed by atoms with Crippen molar-refractivity contribution in [1.29, 1.82) is 0 Å². The van der Waals surface area contributed by atoms with Crippen LogP contribution < -0.4 is 10.1 Å². The standard InChI is InChI=1S/C13H16F5NO/c1-8(2)19-6-9-3-4-11(20-7-12(14)15)10(5-9)13(16,17)18/h3-5,8,12,19H,6-7H2,1-2H3. The molecule has 1 N–H and O–H groups in total. The minimum Gasteiger partial charge on any atom is -0.487 e. The second-order valence-electron chi connectivity index (χ2n) is 4.57. The van der Waals surface area contributed by atoms with Gasteiger partial charge in [0.2, 0.25) is 0 Å². The molecule has 0 amide bonds. The lowest BCUT2D eigenvalue weighted by molar-refractivity contribution is -0.139. The zero-order valence-electron chi connectivity index (χ0n) is 11.1. The van der Waals surface area contributed by atoms with Gasteiger partial charge in [0, 0.05) is 12.6 Å². The predicted molar refractivity (Wildman–Crippen MR) is 64.9 cm³/mol. The summed E-state index contributed by atoms with van der Waals surface area (Å²) in [5, 5.41) is 2.98. The van der Waals surface area contributed by atoms with Crippen LogP contribution in [0.4, 0.5) is 22.0 Å². The lowest BCUT2D eigenvalue weighted by atomic mass is 10.1. The van der Waals surface area contributed by atoms with Gasteiger partial charge < -0.3 is 10.1 Å². The maximum Gasteiger partial charge on any atom is 0.419 e. The quantitative estimate of drug-likeness (QED) is 0.805. The van der Waals surface area contributed by atoms with Gasteiger partial charge in [-0.2, -0.15) is 13.2 Å². The number of rotatable bonds is 6. The number of halogens is 5. The van der Waals surface area contributed by atoms with Crippen LogP contribution in [0.1, 0.15) is 25.0 Å². The van der Waals surface area contributed by atoms with E-state index in [0.29, 0.717) is 5.56 Å². The molecule has 0 bridgehead atoms. The van der Waals surface area contributed by atoms with Crippen LogP contribution in [-0.4, -0.2) is 19.1 Å². The molecule has 0 radical (unpaired) electrons. The first kappa shape index (κ1) is 16.7. The highest BCUT2D eigenvalue weighted by Crippen LogP contribution is 2.37. The van der Waals surface area contributed by atoms with Crippen LogP contribution in [0.25, 0.3) is 0 Å². The number of hydrogen-bond acceptors (Lipinski definition) is 2. The molecule has 20 heavy (non-hydrogen) atoms. The van der Waals surface area contributed by atoms with Crippen LogP contribution in [0.2, 0.25) is 0 Å². The second kappa shape index (κ2) is 6.88. The molecule has 0 aliphatic carbocycles. The number of alkyl halides is 5. The van der Waals surface area contributed by atoms with Gasteiger partial charge in [0.15, 0.2) is 0 Å². The molecule has 0 atom stereocenters. The van der Waals surface area contributed by atoms with Crippen LogP contribution in [0.5, 0.6) is 5.75 Å². The zero-order valence-corrected chi connectivity index (χ0v) is 11.1. The molecule has 0 aromatic heterocycles. The third-order valence-electron chi connectivity index (χ3n) is 2.43. The van der Waals surface area contributed by atoms with E-state index in [-0.39, 0.29) is 12.6 Å². The van der Waals surface area contributed by atoms with Crippen LogP contribution >= 0.6 is 0 Å². The molecule has 1 rings (SSSR count). The van der Waals surface area contributed by atoms with Crippen LogP contribution in [0.3, 0.4) is 0 Å². The topological polar surface area (TPSA) is 21.3 Å². The van der Waals surface area contributed by atoms with Gasteiger partial charge in [-0.1, -0.05) is 19.9 Å². The summed E-state index contributed by atoms with van der Waals surface area (Å²) in [6, 6.07) is 3.53. The molecule has 0 saturated carbocycles. The Kier molecular flexibility index (Phi) is 5.74. The van der Waals surface area contributed by atoms with Gasteiger partial charge in [0.1, 0.15) is 12.4 Å². The molecule has 7 heteroatoms. The van der Waals surface area contributed by atoms with Gasteiger partial charge in [-0.15, -0.1) is 0 Å². The van der Waals surface area contributed by atoms with Crippen LogP contribution in [-0.2, 0) is 12.7 Å². The predicted octanol–water partition coefficient (Wildman–Crippen LogP) is 3.85. The smallest absolute Gasteiger partial charge is 0.419 e. The number of ether oxygens (including phenoxy) is 1. The first-order chi connectivity index (χ1) is 9.20. The van der Waals surface area contributed by atoms with Crippen LogP contribution in [0.15, 0.2) is 18.2 Å². The van der Waals surface area contributed by atoms with Crippen LogP contribution in [0, 0.1) is 0 Å². The van der Waals surface area contributed by atoms with Crippen molar-refractivity contribution in [1.82, 2.24) is 5.32 Å². The Morgan fingerprint density at radius 3 is 2.35 bits per heavy atom. The van der Waals surface area contributed by atoms with E-state index in [1.165, 1.54) is 6.07 Å². The first-order valence-electron chi connectivity index (χ1n) is 6.04. The summed E-state index contributed by atoms with van der Waals surface area (Å²) in [7, 11) is 0. The van der Waals surface area contributed by atoms with Crippen molar-refractivity contribution < 1.29 is 26.7 Å². The molecule has 0 aliphatic rings. The first-order valence-corrected chi connectivity index (χ1v) is 6.04. The minimum atomic E-state index is -4.65. The van der Waals surface area contributed by atoms with Gasteiger partial charge in [-0.25, -0.2) is 8.78 Å². The van der Waals surface area contributed by atoms with E-state index < -0.39 is 30.5 Å². The molecular formula is C13H16F5NO. The van der Waals surface area contributed by atoms with E-state index in [1.54, 1.807) is 0 Å². The number of nitrogens with one attached hydrogen (secondary N) is 1. The van der Waals surface area contributed by atoms with Crippen molar-refractivity contribution in [2.24, 2.45) is 0 Å². The van der Waals surface area contributed by atoms with E-state index in [0.717, 1.165) is 12.1 Å². The average Bonchev–Trinajstić information content (AvgIpc) is 2.33.